The average Bonchev–Trinajstić information content (AvgIpc) is 2.91. The van der Waals surface area contributed by atoms with Crippen LogP contribution in [0.5, 0.6) is 0 Å². The fourth-order valence-electron chi connectivity index (χ4n) is 5.18. The van der Waals surface area contributed by atoms with E-state index in [9.17, 15) is 24.0 Å². The van der Waals surface area contributed by atoms with Gasteiger partial charge in [0.25, 0.3) is 5.91 Å². The van der Waals surface area contributed by atoms with E-state index in [0.717, 1.165) is 5.56 Å². The molecule has 3 N–H and O–H groups in total. The number of carbonyl (C=O) groups excluding carboxylic acids is 5. The number of likely N-dealkylation sites (N-methyl/N-ethyl adjacent to an activating group) is 1. The predicted octanol–water partition coefficient (Wildman–Crippen LogP) is 3.23. The van der Waals surface area contributed by atoms with Gasteiger partial charge in [0.2, 0.25) is 17.7 Å². The maximum Gasteiger partial charge on any atom is 0.329 e. The molecular weight excluding hydrogens is 548 g/mol. The molecule has 0 aliphatic carbocycles. The highest BCUT2D eigenvalue weighted by Crippen LogP contribution is 2.19. The first kappa shape index (κ1) is 35.8. The second-order valence-electron chi connectivity index (χ2n) is 13.3. The second-order valence-corrected chi connectivity index (χ2v) is 13.3. The summed E-state index contributed by atoms with van der Waals surface area (Å²) in [6.45, 7) is 15.2. The molecule has 0 spiro atoms. The van der Waals surface area contributed by atoms with E-state index in [0.29, 0.717) is 12.8 Å². The van der Waals surface area contributed by atoms with Gasteiger partial charge in [-0.05, 0) is 48.5 Å². The molecular formula is C33H52N4O6. The fourth-order valence-corrected chi connectivity index (χ4v) is 5.18. The number of cyclic esters (lactones) is 1. The van der Waals surface area contributed by atoms with E-state index in [1.165, 1.54) is 11.9 Å². The number of esters is 1. The Kier molecular flexibility index (Phi) is 13.7. The first-order valence-corrected chi connectivity index (χ1v) is 15.5. The minimum absolute atomic E-state index is 0.000613. The largest absolute Gasteiger partial charge is 0.451 e. The molecule has 10 nitrogen and oxygen atoms in total. The lowest BCUT2D eigenvalue weighted by Gasteiger charge is -2.33. The van der Waals surface area contributed by atoms with Gasteiger partial charge in [-0.15, -0.1) is 0 Å². The summed E-state index contributed by atoms with van der Waals surface area (Å²) in [4.78, 5) is 69.9. The van der Waals surface area contributed by atoms with Crippen molar-refractivity contribution >= 4 is 29.6 Å². The average molecular weight is 601 g/mol. The molecule has 1 fully saturated rings. The van der Waals surface area contributed by atoms with Crippen LogP contribution in [0.15, 0.2) is 30.3 Å². The highest BCUT2D eigenvalue weighted by atomic mass is 16.5. The van der Waals surface area contributed by atoms with Crippen LogP contribution in [0.1, 0.15) is 80.2 Å². The lowest BCUT2D eigenvalue weighted by atomic mass is 9.97. The van der Waals surface area contributed by atoms with E-state index in [4.69, 9.17) is 4.74 Å². The van der Waals surface area contributed by atoms with Gasteiger partial charge in [0.1, 0.15) is 24.2 Å². The number of amides is 4. The van der Waals surface area contributed by atoms with Crippen LogP contribution < -0.4 is 16.0 Å². The van der Waals surface area contributed by atoms with Gasteiger partial charge in [0.15, 0.2) is 6.10 Å². The first-order chi connectivity index (χ1) is 20.1. The Balaban J connectivity index is 2.65. The molecule has 5 atom stereocenters. The number of ether oxygens (including phenoxy) is 1. The summed E-state index contributed by atoms with van der Waals surface area (Å²) in [5.41, 5.74) is 0.794. The Hall–Kier alpha value is -3.43. The Morgan fingerprint density at radius 2 is 1.26 bits per heavy atom. The lowest BCUT2D eigenvalue weighted by molar-refractivity contribution is -0.164. The van der Waals surface area contributed by atoms with Gasteiger partial charge < -0.3 is 25.6 Å². The van der Waals surface area contributed by atoms with Crippen LogP contribution in [0.4, 0.5) is 0 Å². The van der Waals surface area contributed by atoms with Crippen molar-refractivity contribution in [3.8, 4) is 0 Å². The van der Waals surface area contributed by atoms with Crippen LogP contribution in [0.3, 0.4) is 0 Å². The van der Waals surface area contributed by atoms with Crippen LogP contribution in [-0.2, 0) is 35.1 Å². The minimum Gasteiger partial charge on any atom is -0.451 e. The highest BCUT2D eigenvalue weighted by Gasteiger charge is 2.39. The number of hydrogen-bond donors (Lipinski definition) is 3. The molecule has 0 radical (unpaired) electrons. The topological polar surface area (TPSA) is 134 Å². The van der Waals surface area contributed by atoms with Crippen LogP contribution in [-0.4, -0.2) is 71.8 Å². The third kappa shape index (κ3) is 11.0. The van der Waals surface area contributed by atoms with Crippen molar-refractivity contribution in [1.82, 2.24) is 20.9 Å². The third-order valence-corrected chi connectivity index (χ3v) is 7.50. The summed E-state index contributed by atoms with van der Waals surface area (Å²) in [5, 5.41) is 8.49. The molecule has 2 rings (SSSR count). The molecule has 4 amide bonds. The van der Waals surface area contributed by atoms with Crippen LogP contribution in [0.25, 0.3) is 0 Å². The molecule has 1 aliphatic rings. The number of nitrogens with zero attached hydrogens (tertiary/aromatic N) is 1. The van der Waals surface area contributed by atoms with E-state index in [1.807, 2.05) is 85.7 Å². The fraction of sp³-hybridized carbons (Fsp3) is 0.667. The van der Waals surface area contributed by atoms with Crippen molar-refractivity contribution in [3.63, 3.8) is 0 Å². The molecule has 43 heavy (non-hydrogen) atoms. The third-order valence-electron chi connectivity index (χ3n) is 7.50. The summed E-state index contributed by atoms with van der Waals surface area (Å²) >= 11 is 0. The number of hydrogen-bond acceptors (Lipinski definition) is 6. The number of benzene rings is 1. The molecule has 1 aromatic rings. The molecule has 10 heteroatoms. The maximum atomic E-state index is 13.9. The van der Waals surface area contributed by atoms with E-state index in [-0.39, 0.29) is 36.5 Å². The Bertz CT molecular complexity index is 1100. The van der Waals surface area contributed by atoms with Gasteiger partial charge in [-0.1, -0.05) is 85.7 Å². The Morgan fingerprint density at radius 1 is 0.698 bits per heavy atom. The summed E-state index contributed by atoms with van der Waals surface area (Å²) in [5.74, 6) is -2.98. The van der Waals surface area contributed by atoms with E-state index < -0.39 is 59.9 Å². The Morgan fingerprint density at radius 3 is 1.79 bits per heavy atom. The number of nitrogens with one attached hydrogen (secondary N) is 3. The van der Waals surface area contributed by atoms with E-state index in [2.05, 4.69) is 16.0 Å². The van der Waals surface area contributed by atoms with Gasteiger partial charge in [0.05, 0.1) is 0 Å². The molecule has 0 saturated carbocycles. The zero-order valence-electron chi connectivity index (χ0n) is 27.3. The molecule has 2 unspecified atom stereocenters. The summed E-state index contributed by atoms with van der Waals surface area (Å²) in [7, 11) is 1.53. The van der Waals surface area contributed by atoms with Gasteiger partial charge >= 0.3 is 5.97 Å². The summed E-state index contributed by atoms with van der Waals surface area (Å²) < 4.78 is 5.87. The standard InChI is InChI=1S/C33H52N4O6/c1-19(2)15-24-29(38)35-25(18-23-13-11-10-12-14-23)33(42)43-27(17-21(5)6)32(41)37(9)26(16-20(3)4)30(39)36-28(22(7)8)31(40)34-24/h10-14,19-22,24-28H,15-18H2,1-9H3,(H,34,40)(H,35,38)(H,36,39)/t24-,25-,26-,27?,28?/m0/s1. The normalized spacial score (nSPS) is 24.9. The van der Waals surface area contributed by atoms with Crippen LogP contribution >= 0.6 is 0 Å². The van der Waals surface area contributed by atoms with Crippen LogP contribution in [0, 0.1) is 23.7 Å². The van der Waals surface area contributed by atoms with Crippen molar-refractivity contribution in [2.75, 3.05) is 7.05 Å². The minimum atomic E-state index is -1.16. The second kappa shape index (κ2) is 16.4. The molecule has 1 aromatic carbocycles. The zero-order chi connectivity index (χ0) is 32.4. The van der Waals surface area contributed by atoms with Crippen molar-refractivity contribution in [2.45, 2.75) is 111 Å². The molecule has 0 aromatic heterocycles. The molecule has 1 aliphatic heterocycles. The predicted molar refractivity (Wildman–Crippen MR) is 166 cm³/mol. The quantitative estimate of drug-likeness (QED) is 0.373. The molecule has 0 bridgehead atoms. The number of carbonyl (C=O) groups is 5. The van der Waals surface area contributed by atoms with Crippen molar-refractivity contribution in [2.24, 2.45) is 23.7 Å². The van der Waals surface area contributed by atoms with Gasteiger partial charge in [-0.3, -0.25) is 19.2 Å². The van der Waals surface area contributed by atoms with Crippen molar-refractivity contribution in [1.29, 1.82) is 0 Å². The zero-order valence-corrected chi connectivity index (χ0v) is 27.3. The van der Waals surface area contributed by atoms with E-state index >= 15 is 0 Å². The lowest BCUT2D eigenvalue weighted by Crippen LogP contribution is -2.59. The van der Waals surface area contributed by atoms with Crippen LogP contribution in [0.2, 0.25) is 0 Å². The molecule has 240 valence electrons. The monoisotopic (exact) mass is 600 g/mol. The first-order valence-electron chi connectivity index (χ1n) is 15.5. The summed E-state index contributed by atoms with van der Waals surface area (Å²) in [6.07, 6.45) is -0.128. The number of rotatable bonds is 9. The smallest absolute Gasteiger partial charge is 0.329 e. The van der Waals surface area contributed by atoms with Gasteiger partial charge in [-0.2, -0.15) is 0 Å². The maximum absolute atomic E-state index is 13.9. The highest BCUT2D eigenvalue weighted by molar-refractivity contribution is 5.96. The summed E-state index contributed by atoms with van der Waals surface area (Å²) in [6, 6.07) is 5.31. The van der Waals surface area contributed by atoms with Crippen molar-refractivity contribution < 1.29 is 28.7 Å². The Labute approximate surface area is 257 Å². The SMILES string of the molecule is CC(C)CC1OC(=O)[C@H](Cc2ccccc2)NC(=O)[C@H](CC(C)C)NC(=O)C(C(C)C)NC(=O)[C@H](CC(C)C)N(C)C1=O. The molecule has 1 saturated heterocycles. The molecule has 1 heterocycles. The van der Waals surface area contributed by atoms with Gasteiger partial charge in [-0.25, -0.2) is 4.79 Å². The van der Waals surface area contributed by atoms with Crippen molar-refractivity contribution in [3.05, 3.63) is 35.9 Å². The van der Waals surface area contributed by atoms with Gasteiger partial charge in [0, 0.05) is 13.5 Å². The van der Waals surface area contributed by atoms with E-state index in [1.54, 1.807) is 0 Å².